The molecule has 2 nitrogen and oxygen atoms in total. The van der Waals surface area contributed by atoms with Gasteiger partial charge in [-0.25, -0.2) is 0 Å². The Morgan fingerprint density at radius 1 is 1.43 bits per heavy atom. The second-order valence-electron chi connectivity index (χ2n) is 5.31. The summed E-state index contributed by atoms with van der Waals surface area (Å²) in [4.78, 5) is 16.0. The number of nitrogens with zero attached hydrogens (tertiary/aromatic N) is 1. The summed E-state index contributed by atoms with van der Waals surface area (Å²) < 4.78 is 0. The number of hydrogen-bond acceptors (Lipinski definition) is 3. The molecule has 1 aromatic carbocycles. The van der Waals surface area contributed by atoms with E-state index in [0.29, 0.717) is 6.04 Å². The zero-order chi connectivity index (χ0) is 15.2. The molecule has 1 aliphatic rings. The highest BCUT2D eigenvalue weighted by molar-refractivity contribution is 8.00. The first kappa shape index (κ1) is 16.5. The number of carbonyl (C=O) groups excluding carboxylic acids is 1. The van der Waals surface area contributed by atoms with Crippen molar-refractivity contribution >= 4 is 29.4 Å². The first-order chi connectivity index (χ1) is 10.2. The highest BCUT2D eigenvalue weighted by Crippen LogP contribution is 2.30. The van der Waals surface area contributed by atoms with Crippen LogP contribution in [0.3, 0.4) is 0 Å². The van der Waals surface area contributed by atoms with Gasteiger partial charge in [0.05, 0.1) is 5.25 Å². The molecule has 0 radical (unpaired) electrons. The molecule has 21 heavy (non-hydrogen) atoms. The minimum atomic E-state index is 0.00840. The van der Waals surface area contributed by atoms with E-state index in [4.69, 9.17) is 0 Å². The lowest BCUT2D eigenvalue weighted by atomic mass is 10.2. The topological polar surface area (TPSA) is 20.3 Å². The van der Waals surface area contributed by atoms with Gasteiger partial charge in [0, 0.05) is 23.2 Å². The average molecular weight is 322 g/mol. The van der Waals surface area contributed by atoms with Gasteiger partial charge in [0.2, 0.25) is 5.91 Å². The van der Waals surface area contributed by atoms with Crippen molar-refractivity contribution in [2.45, 2.75) is 42.5 Å². The molecule has 1 aliphatic carbocycles. The van der Waals surface area contributed by atoms with E-state index in [9.17, 15) is 4.79 Å². The minimum Gasteiger partial charge on any atom is -0.334 e. The van der Waals surface area contributed by atoms with Crippen molar-refractivity contribution in [3.63, 3.8) is 0 Å². The third-order valence-corrected chi connectivity index (χ3v) is 5.47. The standard InChI is InChI=1S/C17H23NOS2/c1-4-11-21-13(2)17(19)18(15-7-8-15)12-14-5-9-16(20-3)10-6-14/h4-6,9-10,13,15H,1,7-8,11-12H2,2-3H3. The summed E-state index contributed by atoms with van der Waals surface area (Å²) in [5.74, 6) is 1.09. The summed E-state index contributed by atoms with van der Waals surface area (Å²) in [5.41, 5.74) is 1.22. The van der Waals surface area contributed by atoms with E-state index >= 15 is 0 Å². The molecule has 0 aliphatic heterocycles. The quantitative estimate of drug-likeness (QED) is 0.528. The largest absolute Gasteiger partial charge is 0.334 e. The predicted octanol–water partition coefficient (Wildman–Crippen LogP) is 4.21. The summed E-state index contributed by atoms with van der Waals surface area (Å²) in [7, 11) is 0. The van der Waals surface area contributed by atoms with Gasteiger partial charge < -0.3 is 4.90 Å². The SMILES string of the molecule is C=CCSC(C)C(=O)N(Cc1ccc(SC)cc1)C1CC1. The van der Waals surface area contributed by atoms with Crippen LogP contribution in [-0.2, 0) is 11.3 Å². The Kier molecular flexibility index (Phi) is 6.24. The third-order valence-electron chi connectivity index (χ3n) is 3.59. The number of hydrogen-bond donors (Lipinski definition) is 0. The fourth-order valence-corrected chi connectivity index (χ4v) is 3.33. The van der Waals surface area contributed by atoms with Crippen molar-refractivity contribution in [2.24, 2.45) is 0 Å². The fourth-order valence-electron chi connectivity index (χ4n) is 2.22. The lowest BCUT2D eigenvalue weighted by Crippen LogP contribution is -2.37. The summed E-state index contributed by atoms with van der Waals surface area (Å²) in [6.07, 6.45) is 6.23. The van der Waals surface area contributed by atoms with Crippen LogP contribution in [0.4, 0.5) is 0 Å². The monoisotopic (exact) mass is 321 g/mol. The van der Waals surface area contributed by atoms with E-state index in [0.717, 1.165) is 25.1 Å². The van der Waals surface area contributed by atoms with Gasteiger partial charge in [-0.2, -0.15) is 0 Å². The van der Waals surface area contributed by atoms with E-state index < -0.39 is 0 Å². The second kappa shape index (κ2) is 7.95. The van der Waals surface area contributed by atoms with Crippen LogP contribution >= 0.6 is 23.5 Å². The lowest BCUT2D eigenvalue weighted by Gasteiger charge is -2.25. The van der Waals surface area contributed by atoms with Gasteiger partial charge in [-0.05, 0) is 43.7 Å². The van der Waals surface area contributed by atoms with Crippen molar-refractivity contribution in [1.82, 2.24) is 4.90 Å². The predicted molar refractivity (Wildman–Crippen MR) is 93.9 cm³/mol. The molecule has 0 aromatic heterocycles. The zero-order valence-electron chi connectivity index (χ0n) is 12.7. The van der Waals surface area contributed by atoms with E-state index in [1.807, 2.05) is 13.0 Å². The van der Waals surface area contributed by atoms with E-state index in [-0.39, 0.29) is 11.2 Å². The Bertz CT molecular complexity index is 482. The average Bonchev–Trinajstić information content (AvgIpc) is 3.34. The normalized spacial score (nSPS) is 15.5. The number of thioether (sulfide) groups is 2. The Balaban J connectivity index is 2.01. The maximum absolute atomic E-state index is 12.6. The molecule has 1 amide bonds. The van der Waals surface area contributed by atoms with Crippen LogP contribution in [0.15, 0.2) is 41.8 Å². The molecule has 0 saturated heterocycles. The number of carbonyl (C=O) groups is 1. The highest BCUT2D eigenvalue weighted by Gasteiger charge is 2.34. The summed E-state index contributed by atoms with van der Waals surface area (Å²) in [6.45, 7) is 6.46. The fraction of sp³-hybridized carbons (Fsp3) is 0.471. The van der Waals surface area contributed by atoms with E-state index in [1.165, 1.54) is 10.5 Å². The molecule has 0 bridgehead atoms. The number of benzene rings is 1. The van der Waals surface area contributed by atoms with Crippen molar-refractivity contribution in [1.29, 1.82) is 0 Å². The first-order valence-corrected chi connectivity index (χ1v) is 9.59. The molecule has 0 N–H and O–H groups in total. The van der Waals surface area contributed by atoms with Gasteiger partial charge >= 0.3 is 0 Å². The summed E-state index contributed by atoms with van der Waals surface area (Å²) in [6, 6.07) is 8.98. The first-order valence-electron chi connectivity index (χ1n) is 7.31. The molecule has 4 heteroatoms. The van der Waals surface area contributed by atoms with Crippen LogP contribution in [0.2, 0.25) is 0 Å². The molecule has 1 saturated carbocycles. The van der Waals surface area contributed by atoms with Crippen molar-refractivity contribution in [2.75, 3.05) is 12.0 Å². The molecule has 114 valence electrons. The van der Waals surface area contributed by atoms with Crippen molar-refractivity contribution < 1.29 is 4.79 Å². The maximum Gasteiger partial charge on any atom is 0.235 e. The van der Waals surface area contributed by atoms with Crippen LogP contribution in [0, 0.1) is 0 Å². The van der Waals surface area contributed by atoms with Crippen LogP contribution in [0.1, 0.15) is 25.3 Å². The van der Waals surface area contributed by atoms with Gasteiger partial charge in [0.15, 0.2) is 0 Å². The van der Waals surface area contributed by atoms with E-state index in [2.05, 4.69) is 42.0 Å². The molecule has 1 aromatic rings. The highest BCUT2D eigenvalue weighted by atomic mass is 32.2. The minimum absolute atomic E-state index is 0.00840. The summed E-state index contributed by atoms with van der Waals surface area (Å²) in [5, 5.41) is 0.00840. The molecular weight excluding hydrogens is 298 g/mol. The molecule has 1 fully saturated rings. The van der Waals surface area contributed by atoms with Crippen LogP contribution in [0.5, 0.6) is 0 Å². The lowest BCUT2D eigenvalue weighted by molar-refractivity contribution is -0.131. The molecule has 1 unspecified atom stereocenters. The Morgan fingerprint density at radius 3 is 2.62 bits per heavy atom. The van der Waals surface area contributed by atoms with Gasteiger partial charge in [-0.3, -0.25) is 4.79 Å². The van der Waals surface area contributed by atoms with Gasteiger partial charge in [-0.1, -0.05) is 18.2 Å². The van der Waals surface area contributed by atoms with E-state index in [1.54, 1.807) is 23.5 Å². The number of rotatable bonds is 8. The van der Waals surface area contributed by atoms with Gasteiger partial charge in [0.25, 0.3) is 0 Å². The molecule has 0 heterocycles. The Morgan fingerprint density at radius 2 is 2.10 bits per heavy atom. The molecular formula is C17H23NOS2. The Hall–Kier alpha value is -0.870. The van der Waals surface area contributed by atoms with Crippen LogP contribution < -0.4 is 0 Å². The van der Waals surface area contributed by atoms with Crippen molar-refractivity contribution in [3.05, 3.63) is 42.5 Å². The van der Waals surface area contributed by atoms with Crippen LogP contribution in [-0.4, -0.2) is 34.1 Å². The summed E-state index contributed by atoms with van der Waals surface area (Å²) >= 11 is 3.40. The molecule has 0 spiro atoms. The molecule has 2 rings (SSSR count). The number of amides is 1. The maximum atomic E-state index is 12.6. The second-order valence-corrected chi connectivity index (χ2v) is 7.56. The Labute approximate surface area is 136 Å². The smallest absolute Gasteiger partial charge is 0.235 e. The third kappa shape index (κ3) is 4.82. The van der Waals surface area contributed by atoms with Gasteiger partial charge in [0.1, 0.15) is 0 Å². The van der Waals surface area contributed by atoms with Crippen LogP contribution in [0.25, 0.3) is 0 Å². The van der Waals surface area contributed by atoms with Gasteiger partial charge in [-0.15, -0.1) is 30.1 Å². The molecule has 1 atom stereocenters. The zero-order valence-corrected chi connectivity index (χ0v) is 14.4. The van der Waals surface area contributed by atoms with Crippen molar-refractivity contribution in [3.8, 4) is 0 Å².